The third-order valence-electron chi connectivity index (χ3n) is 6.53. The smallest absolute Gasteiger partial charge is 0.266 e. The summed E-state index contributed by atoms with van der Waals surface area (Å²) in [5.74, 6) is -0.635. The molecule has 2 aliphatic heterocycles. The van der Waals surface area contributed by atoms with Crippen LogP contribution in [0.3, 0.4) is 0 Å². The molecule has 2 fully saturated rings. The lowest BCUT2D eigenvalue weighted by atomic mass is 9.97. The molecule has 9 heteroatoms. The molecule has 31 heavy (non-hydrogen) atoms. The topological polar surface area (TPSA) is 109 Å². The van der Waals surface area contributed by atoms with Crippen molar-refractivity contribution in [1.29, 1.82) is 0 Å². The summed E-state index contributed by atoms with van der Waals surface area (Å²) in [6.45, 7) is 4.16. The number of fused-ring (bicyclic) bond motifs is 3. The van der Waals surface area contributed by atoms with Gasteiger partial charge in [0.2, 0.25) is 0 Å². The van der Waals surface area contributed by atoms with E-state index in [2.05, 4.69) is 10.2 Å². The Morgan fingerprint density at radius 1 is 1.19 bits per heavy atom. The number of hydrogen-bond donors (Lipinski definition) is 2. The molecule has 0 spiro atoms. The number of carbonyl (C=O) groups is 1. The zero-order chi connectivity index (χ0) is 22.3. The number of amides is 1. The van der Waals surface area contributed by atoms with Crippen molar-refractivity contribution in [3.63, 3.8) is 0 Å². The Hall–Kier alpha value is -2.23. The van der Waals surface area contributed by atoms with Gasteiger partial charge in [-0.2, -0.15) is 8.42 Å². The predicted molar refractivity (Wildman–Crippen MR) is 119 cm³/mol. The number of piperidine rings is 1. The molecule has 0 unspecified atom stereocenters. The summed E-state index contributed by atoms with van der Waals surface area (Å²) in [7, 11) is -3.99. The van der Waals surface area contributed by atoms with E-state index in [1.807, 2.05) is 38.1 Å². The normalized spacial score (nSPS) is 24.1. The summed E-state index contributed by atoms with van der Waals surface area (Å²) >= 11 is 0. The standard InChI is InChI=1S/C22H29N3O5S/c1-14(2)25-20-6-4-3-5-15(20)11-19(22(25)27)21(26)23-16-12-17-7-8-18(13-16)24(17)9-10-31(28,29)30/h3-6,11,14,16-18H,7-10,12-13H2,1-2H3,(H,23,26)(H,28,29,30)/t17-,18-/m1/s1. The van der Waals surface area contributed by atoms with E-state index in [9.17, 15) is 18.0 Å². The van der Waals surface area contributed by atoms with Gasteiger partial charge in [0.25, 0.3) is 21.6 Å². The average Bonchev–Trinajstić information content (AvgIpc) is 2.93. The summed E-state index contributed by atoms with van der Waals surface area (Å²) < 4.78 is 32.9. The molecule has 1 aromatic carbocycles. The number of nitrogens with one attached hydrogen (secondary N) is 1. The Bertz CT molecular complexity index is 1140. The first-order valence-corrected chi connectivity index (χ1v) is 12.4. The molecule has 2 atom stereocenters. The van der Waals surface area contributed by atoms with Gasteiger partial charge in [0.05, 0.1) is 11.3 Å². The van der Waals surface area contributed by atoms with Crippen molar-refractivity contribution in [3.8, 4) is 0 Å². The van der Waals surface area contributed by atoms with Crippen molar-refractivity contribution in [1.82, 2.24) is 14.8 Å². The Kier molecular flexibility index (Phi) is 5.93. The van der Waals surface area contributed by atoms with Gasteiger partial charge in [0, 0.05) is 30.7 Å². The lowest BCUT2D eigenvalue weighted by Gasteiger charge is -2.39. The molecule has 2 bridgehead atoms. The highest BCUT2D eigenvalue weighted by Crippen LogP contribution is 2.35. The van der Waals surface area contributed by atoms with Crippen LogP contribution in [0.25, 0.3) is 10.9 Å². The molecular weight excluding hydrogens is 418 g/mol. The lowest BCUT2D eigenvalue weighted by Crippen LogP contribution is -2.51. The van der Waals surface area contributed by atoms with E-state index in [1.54, 1.807) is 10.6 Å². The first-order chi connectivity index (χ1) is 14.6. The average molecular weight is 448 g/mol. The molecule has 2 N–H and O–H groups in total. The molecule has 1 amide bonds. The van der Waals surface area contributed by atoms with Crippen molar-refractivity contribution >= 4 is 26.9 Å². The maximum Gasteiger partial charge on any atom is 0.266 e. The fraction of sp³-hybridized carbons (Fsp3) is 0.545. The third-order valence-corrected chi connectivity index (χ3v) is 7.23. The predicted octanol–water partition coefficient (Wildman–Crippen LogP) is 2.20. The summed E-state index contributed by atoms with van der Waals surface area (Å²) in [6.07, 6.45) is 3.30. The number of carbonyl (C=O) groups excluding carboxylic acids is 1. The molecule has 168 valence electrons. The number of hydrogen-bond acceptors (Lipinski definition) is 5. The summed E-state index contributed by atoms with van der Waals surface area (Å²) in [5.41, 5.74) is 0.664. The zero-order valence-electron chi connectivity index (χ0n) is 17.8. The lowest BCUT2D eigenvalue weighted by molar-refractivity contribution is 0.0856. The molecule has 4 rings (SSSR count). The van der Waals surface area contributed by atoms with Crippen molar-refractivity contribution in [3.05, 3.63) is 46.2 Å². The monoisotopic (exact) mass is 447 g/mol. The van der Waals surface area contributed by atoms with E-state index in [1.165, 1.54) is 0 Å². The number of nitrogens with zero attached hydrogens (tertiary/aromatic N) is 2. The second-order valence-corrected chi connectivity index (χ2v) is 10.5. The molecule has 1 aromatic heterocycles. The zero-order valence-corrected chi connectivity index (χ0v) is 18.6. The minimum Gasteiger partial charge on any atom is -0.349 e. The van der Waals surface area contributed by atoms with Crippen LogP contribution in [-0.4, -0.2) is 58.8 Å². The molecule has 8 nitrogen and oxygen atoms in total. The third kappa shape index (κ3) is 4.53. The van der Waals surface area contributed by atoms with Crippen LogP contribution in [-0.2, 0) is 10.1 Å². The molecule has 0 saturated carbocycles. The van der Waals surface area contributed by atoms with E-state index in [4.69, 9.17) is 4.55 Å². The van der Waals surface area contributed by atoms with Gasteiger partial charge < -0.3 is 9.88 Å². The minimum absolute atomic E-state index is 0.0645. The molecule has 2 saturated heterocycles. The van der Waals surface area contributed by atoms with Crippen LogP contribution in [0.2, 0.25) is 0 Å². The number of para-hydroxylation sites is 1. The first kappa shape index (κ1) is 22.0. The molecule has 0 aliphatic carbocycles. The number of aromatic nitrogens is 1. The van der Waals surface area contributed by atoms with Crippen molar-refractivity contribution in [2.75, 3.05) is 12.3 Å². The van der Waals surface area contributed by atoms with Crippen LogP contribution in [0, 0.1) is 0 Å². The van der Waals surface area contributed by atoms with Crippen molar-refractivity contribution in [2.24, 2.45) is 0 Å². The van der Waals surface area contributed by atoms with Gasteiger partial charge in [-0.05, 0) is 57.0 Å². The van der Waals surface area contributed by atoms with E-state index >= 15 is 0 Å². The Labute approximate surface area is 182 Å². The van der Waals surface area contributed by atoms with Crippen LogP contribution in [0.5, 0.6) is 0 Å². The van der Waals surface area contributed by atoms with Crippen LogP contribution in [0.4, 0.5) is 0 Å². The molecule has 3 heterocycles. The fourth-order valence-corrected chi connectivity index (χ4v) is 5.64. The largest absolute Gasteiger partial charge is 0.349 e. The second kappa shape index (κ2) is 8.37. The molecule has 2 aliphatic rings. The highest BCUT2D eigenvalue weighted by Gasteiger charge is 2.41. The Morgan fingerprint density at radius 3 is 2.45 bits per heavy atom. The molecular formula is C22H29N3O5S. The summed E-state index contributed by atoms with van der Waals surface area (Å²) in [6, 6.07) is 9.44. The van der Waals surface area contributed by atoms with Crippen molar-refractivity contribution < 1.29 is 17.8 Å². The van der Waals surface area contributed by atoms with Crippen LogP contribution in [0.1, 0.15) is 55.9 Å². The van der Waals surface area contributed by atoms with Gasteiger partial charge in [-0.3, -0.25) is 19.0 Å². The van der Waals surface area contributed by atoms with Gasteiger partial charge in [-0.15, -0.1) is 0 Å². The first-order valence-electron chi connectivity index (χ1n) is 10.8. The number of benzene rings is 1. The van der Waals surface area contributed by atoms with E-state index in [-0.39, 0.29) is 47.0 Å². The van der Waals surface area contributed by atoms with Crippen LogP contribution in [0.15, 0.2) is 35.1 Å². The molecule has 0 radical (unpaired) electrons. The van der Waals surface area contributed by atoms with Gasteiger partial charge in [0.15, 0.2) is 0 Å². The maximum atomic E-state index is 13.1. The quantitative estimate of drug-likeness (QED) is 0.657. The second-order valence-electron chi connectivity index (χ2n) is 8.94. The van der Waals surface area contributed by atoms with E-state index in [0.717, 1.165) is 23.7 Å². The van der Waals surface area contributed by atoms with E-state index < -0.39 is 10.1 Å². The SMILES string of the molecule is CC(C)n1c(=O)c(C(=O)NC2C[C@H]3CC[C@H](C2)N3CCS(=O)(=O)O)cc2ccccc21. The van der Waals surface area contributed by atoms with Gasteiger partial charge >= 0.3 is 0 Å². The summed E-state index contributed by atoms with van der Waals surface area (Å²) in [5, 5.41) is 3.90. The highest BCUT2D eigenvalue weighted by atomic mass is 32.2. The Morgan fingerprint density at radius 2 is 1.84 bits per heavy atom. The number of pyridine rings is 1. The number of rotatable bonds is 6. The highest BCUT2D eigenvalue weighted by molar-refractivity contribution is 7.85. The van der Waals surface area contributed by atoms with Gasteiger partial charge in [0.1, 0.15) is 5.56 Å². The maximum absolute atomic E-state index is 13.1. The van der Waals surface area contributed by atoms with Crippen LogP contribution >= 0.6 is 0 Å². The fourth-order valence-electron chi connectivity index (χ4n) is 5.20. The Balaban J connectivity index is 1.52. The van der Waals surface area contributed by atoms with Crippen molar-refractivity contribution in [2.45, 2.75) is 63.7 Å². The van der Waals surface area contributed by atoms with Gasteiger partial charge in [-0.1, -0.05) is 18.2 Å². The summed E-state index contributed by atoms with van der Waals surface area (Å²) in [4.78, 5) is 28.3. The minimum atomic E-state index is -3.99. The van der Waals surface area contributed by atoms with Gasteiger partial charge in [-0.25, -0.2) is 0 Å². The van der Waals surface area contributed by atoms with E-state index in [0.29, 0.717) is 19.4 Å². The van der Waals surface area contributed by atoms with Crippen LogP contribution < -0.4 is 10.9 Å². The molecule has 2 aromatic rings.